The van der Waals surface area contributed by atoms with Gasteiger partial charge in [0.25, 0.3) is 0 Å². The number of aliphatic imine (C=N–C) groups is 1. The average Bonchev–Trinajstić information content (AvgIpc) is 2.73. The smallest absolute Gasteiger partial charge is 0.306 e. The maximum absolute atomic E-state index is 11.1. The molecule has 0 radical (unpaired) electrons. The summed E-state index contributed by atoms with van der Waals surface area (Å²) in [5.74, 6) is 0. The van der Waals surface area contributed by atoms with Gasteiger partial charge < -0.3 is 9.97 Å². The summed E-state index contributed by atoms with van der Waals surface area (Å²) in [6, 6.07) is 5.54. The van der Waals surface area contributed by atoms with E-state index < -0.39 is 0 Å². The summed E-state index contributed by atoms with van der Waals surface area (Å²) in [4.78, 5) is 20.9. The third-order valence-electron chi connectivity index (χ3n) is 2.55. The molecular formula is C14H15N3O. The van der Waals surface area contributed by atoms with E-state index in [0.717, 1.165) is 22.3 Å². The van der Waals surface area contributed by atoms with Crippen molar-refractivity contribution in [1.29, 1.82) is 0 Å². The third-order valence-corrected chi connectivity index (χ3v) is 2.55. The first-order valence-electron chi connectivity index (χ1n) is 5.78. The number of imidazole rings is 1. The van der Waals surface area contributed by atoms with E-state index >= 15 is 0 Å². The topological polar surface area (TPSA) is 61.0 Å². The van der Waals surface area contributed by atoms with Gasteiger partial charge >= 0.3 is 5.69 Å². The molecule has 92 valence electrons. The summed E-state index contributed by atoms with van der Waals surface area (Å²) >= 11 is 0. The van der Waals surface area contributed by atoms with E-state index in [1.54, 1.807) is 6.21 Å². The van der Waals surface area contributed by atoms with Gasteiger partial charge in [0.2, 0.25) is 0 Å². The molecule has 0 amide bonds. The molecule has 2 rings (SSSR count). The molecule has 0 saturated carbocycles. The number of nitrogens with one attached hydrogen (secondary N) is 2. The lowest BCUT2D eigenvalue weighted by atomic mass is 10.2. The van der Waals surface area contributed by atoms with E-state index in [2.05, 4.69) is 15.0 Å². The highest BCUT2D eigenvalue weighted by atomic mass is 16.1. The summed E-state index contributed by atoms with van der Waals surface area (Å²) in [7, 11) is 0. The Morgan fingerprint density at radius 3 is 2.72 bits per heavy atom. The van der Waals surface area contributed by atoms with Crippen LogP contribution in [0.1, 0.15) is 13.8 Å². The fourth-order valence-corrected chi connectivity index (χ4v) is 1.66. The van der Waals surface area contributed by atoms with Gasteiger partial charge in [-0.05, 0) is 37.6 Å². The number of fused-ring (bicyclic) bond motifs is 1. The predicted octanol–water partition coefficient (Wildman–Crippen LogP) is 3.08. The first kappa shape index (κ1) is 12.1. The Hall–Kier alpha value is -2.36. The highest BCUT2D eigenvalue weighted by molar-refractivity contribution is 5.86. The Morgan fingerprint density at radius 2 is 2.00 bits per heavy atom. The molecule has 0 unspecified atom stereocenters. The molecule has 2 aromatic rings. The number of hydrogen-bond acceptors (Lipinski definition) is 2. The molecule has 0 aliphatic carbocycles. The van der Waals surface area contributed by atoms with Crippen molar-refractivity contribution in [2.24, 2.45) is 4.99 Å². The van der Waals surface area contributed by atoms with Crippen LogP contribution in [0.2, 0.25) is 0 Å². The van der Waals surface area contributed by atoms with Gasteiger partial charge in [-0.3, -0.25) is 4.99 Å². The largest absolute Gasteiger partial charge is 0.323 e. The lowest BCUT2D eigenvalue weighted by molar-refractivity contribution is 1.21. The zero-order chi connectivity index (χ0) is 13.0. The Morgan fingerprint density at radius 1 is 1.22 bits per heavy atom. The number of aromatic nitrogens is 2. The van der Waals surface area contributed by atoms with Crippen molar-refractivity contribution >= 4 is 22.9 Å². The van der Waals surface area contributed by atoms with Crippen molar-refractivity contribution in [2.75, 3.05) is 0 Å². The van der Waals surface area contributed by atoms with Gasteiger partial charge in [-0.25, -0.2) is 4.79 Å². The van der Waals surface area contributed by atoms with Crippen molar-refractivity contribution in [1.82, 2.24) is 9.97 Å². The highest BCUT2D eigenvalue weighted by Gasteiger charge is 1.98. The van der Waals surface area contributed by atoms with Gasteiger partial charge in [0, 0.05) is 6.21 Å². The van der Waals surface area contributed by atoms with Crippen molar-refractivity contribution in [3.8, 4) is 0 Å². The SMILES string of the molecule is C\C=C/C(/C=N/c1ccc2[nH]c(=O)[nH]c2c1)=C\C. The predicted molar refractivity (Wildman–Crippen MR) is 75.6 cm³/mol. The fraction of sp³-hybridized carbons (Fsp3) is 0.143. The minimum Gasteiger partial charge on any atom is -0.306 e. The van der Waals surface area contributed by atoms with Crippen LogP contribution in [0.3, 0.4) is 0 Å². The molecule has 0 bridgehead atoms. The lowest BCUT2D eigenvalue weighted by Crippen LogP contribution is -1.99. The molecule has 18 heavy (non-hydrogen) atoms. The molecule has 0 spiro atoms. The maximum atomic E-state index is 11.1. The van der Waals surface area contributed by atoms with Crippen LogP contribution in [0, 0.1) is 0 Å². The molecule has 4 nitrogen and oxygen atoms in total. The molecule has 4 heteroatoms. The molecular weight excluding hydrogens is 226 g/mol. The third kappa shape index (κ3) is 2.66. The minimum atomic E-state index is -0.200. The molecule has 0 fully saturated rings. The van der Waals surface area contributed by atoms with E-state index in [-0.39, 0.29) is 5.69 Å². The zero-order valence-corrected chi connectivity index (χ0v) is 10.4. The summed E-state index contributed by atoms with van der Waals surface area (Å²) in [5, 5.41) is 0. The van der Waals surface area contributed by atoms with Gasteiger partial charge in [0.1, 0.15) is 0 Å². The van der Waals surface area contributed by atoms with E-state index in [9.17, 15) is 4.79 Å². The van der Waals surface area contributed by atoms with Gasteiger partial charge in [0.15, 0.2) is 0 Å². The number of hydrogen-bond donors (Lipinski definition) is 2. The fourth-order valence-electron chi connectivity index (χ4n) is 1.66. The summed E-state index contributed by atoms with van der Waals surface area (Å²) in [5.41, 5.74) is 3.21. The number of H-pyrrole nitrogens is 2. The number of aromatic amines is 2. The van der Waals surface area contributed by atoms with E-state index in [4.69, 9.17) is 0 Å². The van der Waals surface area contributed by atoms with Crippen molar-refractivity contribution in [2.45, 2.75) is 13.8 Å². The average molecular weight is 241 g/mol. The maximum Gasteiger partial charge on any atom is 0.323 e. The van der Waals surface area contributed by atoms with E-state index in [0.29, 0.717) is 0 Å². The van der Waals surface area contributed by atoms with Gasteiger partial charge in [-0.15, -0.1) is 0 Å². The Bertz CT molecular complexity index is 686. The van der Waals surface area contributed by atoms with Crippen molar-refractivity contribution < 1.29 is 0 Å². The summed E-state index contributed by atoms with van der Waals surface area (Å²) in [6.07, 6.45) is 7.74. The molecule has 1 aromatic carbocycles. The Balaban J connectivity index is 2.31. The van der Waals surface area contributed by atoms with Crippen LogP contribution >= 0.6 is 0 Å². The highest BCUT2D eigenvalue weighted by Crippen LogP contribution is 2.17. The summed E-state index contributed by atoms with van der Waals surface area (Å²) in [6.45, 7) is 3.93. The van der Waals surface area contributed by atoms with Gasteiger partial charge in [-0.2, -0.15) is 0 Å². The zero-order valence-electron chi connectivity index (χ0n) is 10.4. The van der Waals surface area contributed by atoms with E-state index in [1.165, 1.54) is 0 Å². The number of nitrogens with zero attached hydrogens (tertiary/aromatic N) is 1. The molecule has 1 heterocycles. The molecule has 0 atom stereocenters. The number of benzene rings is 1. The van der Waals surface area contributed by atoms with Crippen LogP contribution in [-0.4, -0.2) is 16.2 Å². The van der Waals surface area contributed by atoms with Crippen LogP contribution < -0.4 is 5.69 Å². The monoisotopic (exact) mass is 241 g/mol. The Labute approximate surface area is 105 Å². The van der Waals surface area contributed by atoms with E-state index in [1.807, 2.05) is 50.3 Å². The number of rotatable bonds is 3. The minimum absolute atomic E-state index is 0.200. The first-order valence-corrected chi connectivity index (χ1v) is 5.78. The van der Waals surface area contributed by atoms with Crippen molar-refractivity contribution in [3.63, 3.8) is 0 Å². The second-order valence-electron chi connectivity index (χ2n) is 3.86. The second kappa shape index (κ2) is 5.31. The van der Waals surface area contributed by atoms with Crippen LogP contribution in [-0.2, 0) is 0 Å². The molecule has 1 aromatic heterocycles. The van der Waals surface area contributed by atoms with Gasteiger partial charge in [0.05, 0.1) is 16.7 Å². The van der Waals surface area contributed by atoms with Crippen LogP contribution in [0.15, 0.2) is 51.8 Å². The quantitative estimate of drug-likeness (QED) is 0.629. The number of allylic oxidation sites excluding steroid dienone is 4. The lowest BCUT2D eigenvalue weighted by Gasteiger charge is -1.95. The first-order chi connectivity index (χ1) is 8.72. The van der Waals surface area contributed by atoms with Crippen molar-refractivity contribution in [3.05, 3.63) is 52.5 Å². The Kier molecular flexibility index (Phi) is 3.57. The molecule has 2 N–H and O–H groups in total. The van der Waals surface area contributed by atoms with Crippen LogP contribution in [0.5, 0.6) is 0 Å². The second-order valence-corrected chi connectivity index (χ2v) is 3.86. The molecule has 0 aliphatic rings. The molecule has 0 aliphatic heterocycles. The standard InChI is InChI=1S/C14H15N3O/c1-3-5-10(4-2)9-15-11-6-7-12-13(8-11)17-14(18)16-12/h3-9H,1-2H3,(H2,16,17,18)/b5-3-,10-4+,15-9+. The summed E-state index contributed by atoms with van der Waals surface area (Å²) < 4.78 is 0. The normalized spacial score (nSPS) is 13.1. The molecule has 0 saturated heterocycles. The van der Waals surface area contributed by atoms with Crippen LogP contribution in [0.25, 0.3) is 11.0 Å². The van der Waals surface area contributed by atoms with Crippen LogP contribution in [0.4, 0.5) is 5.69 Å². The van der Waals surface area contributed by atoms with Gasteiger partial charge in [-0.1, -0.05) is 18.2 Å².